The zero-order valence-corrected chi connectivity index (χ0v) is 23.1. The number of alkyl halides is 3. The van der Waals surface area contributed by atoms with Crippen LogP contribution in [0.15, 0.2) is 30.5 Å². The highest BCUT2D eigenvalue weighted by atomic mass is 79.9. The number of thiophene rings is 3. The van der Waals surface area contributed by atoms with Gasteiger partial charge in [-0.25, -0.2) is 31.5 Å². The molecular weight excluding hydrogens is 602 g/mol. The molecule has 0 N–H and O–H groups in total. The zero-order valence-electron chi connectivity index (χ0n) is 17.5. The summed E-state index contributed by atoms with van der Waals surface area (Å²) >= 11 is 12.8. The third-order valence-electron chi connectivity index (χ3n) is 5.77. The van der Waals surface area contributed by atoms with Gasteiger partial charge in [0.15, 0.2) is 5.69 Å². The fraction of sp³-hybridized carbons (Fsp3) is 0.227. The number of hydrogen-bond acceptors (Lipinski definition) is 3. The number of rotatable bonds is 2. The molecule has 166 valence electrons. The van der Waals surface area contributed by atoms with E-state index in [0.29, 0.717) is 0 Å². The standard InChI is InChI=1S/C22H17BBr2F3NS3/c1-10-7-15(12(3)30-10)18-19-21(32-20(18)16-8-11(2)31-13(16)4)17-6-5-14(22(26,27)28)9-29(17)23(19,24)25/h5-9H,1-4H3. The van der Waals surface area contributed by atoms with Gasteiger partial charge in [-0.05, 0) is 57.0 Å². The van der Waals surface area contributed by atoms with Crippen molar-refractivity contribution in [3.8, 4) is 32.1 Å². The van der Waals surface area contributed by atoms with Gasteiger partial charge in [0.2, 0.25) is 0 Å². The third kappa shape index (κ3) is 3.40. The summed E-state index contributed by atoms with van der Waals surface area (Å²) in [5.74, 6) is 0. The molecule has 0 saturated carbocycles. The van der Waals surface area contributed by atoms with Gasteiger partial charge in [0, 0.05) is 36.0 Å². The van der Waals surface area contributed by atoms with Crippen molar-refractivity contribution < 1.29 is 17.6 Å². The SMILES string of the molecule is Cc1cc(-c2sc3c(c2-c2cc(C)sc2C)[B-](Br)(Br)[n+]2cc(C(F)(F)F)ccc2-3)c(C)s1. The molecule has 5 heterocycles. The topological polar surface area (TPSA) is 3.88 Å². The molecule has 0 aliphatic carbocycles. The minimum absolute atomic E-state index is 0.657. The molecule has 0 radical (unpaired) electrons. The zero-order chi connectivity index (χ0) is 23.2. The van der Waals surface area contributed by atoms with E-state index in [9.17, 15) is 13.2 Å². The molecule has 5 rings (SSSR count). The summed E-state index contributed by atoms with van der Waals surface area (Å²) in [5.41, 5.74) is 4.61. The molecule has 0 aromatic carbocycles. The quantitative estimate of drug-likeness (QED) is 0.199. The molecule has 0 atom stereocenters. The van der Waals surface area contributed by atoms with Gasteiger partial charge in [0.25, 0.3) is 0 Å². The lowest BCUT2D eigenvalue weighted by Gasteiger charge is -2.21. The Balaban J connectivity index is 1.86. The van der Waals surface area contributed by atoms with E-state index in [4.69, 9.17) is 0 Å². The van der Waals surface area contributed by atoms with Gasteiger partial charge in [-0.2, -0.15) is 13.2 Å². The summed E-state index contributed by atoms with van der Waals surface area (Å²) in [6.45, 7) is 8.44. The molecule has 0 bridgehead atoms. The van der Waals surface area contributed by atoms with Gasteiger partial charge in [-0.1, -0.05) is 5.46 Å². The summed E-state index contributed by atoms with van der Waals surface area (Å²) in [4.78, 5) is 7.09. The molecule has 4 aromatic heterocycles. The van der Waals surface area contributed by atoms with Gasteiger partial charge in [0.1, 0.15) is 11.8 Å². The van der Waals surface area contributed by atoms with Crippen LogP contribution in [0.5, 0.6) is 0 Å². The number of halogens is 5. The van der Waals surface area contributed by atoms with Crippen LogP contribution in [0.4, 0.5) is 13.2 Å². The Morgan fingerprint density at radius 3 is 1.97 bits per heavy atom. The van der Waals surface area contributed by atoms with Crippen molar-refractivity contribution in [2.24, 2.45) is 0 Å². The Labute approximate surface area is 212 Å². The maximum atomic E-state index is 13.5. The highest BCUT2D eigenvalue weighted by Gasteiger charge is 2.48. The minimum Gasteiger partial charge on any atom is -0.395 e. The molecule has 4 aromatic rings. The lowest BCUT2D eigenvalue weighted by atomic mass is 9.78. The van der Waals surface area contributed by atoms with Crippen LogP contribution in [0.25, 0.3) is 32.1 Å². The van der Waals surface area contributed by atoms with Gasteiger partial charge < -0.3 is 4.48 Å². The molecule has 0 fully saturated rings. The van der Waals surface area contributed by atoms with Crippen molar-refractivity contribution in [3.05, 3.63) is 55.5 Å². The maximum absolute atomic E-state index is 13.5. The van der Waals surface area contributed by atoms with Crippen molar-refractivity contribution in [2.45, 2.75) is 33.9 Å². The van der Waals surface area contributed by atoms with Crippen molar-refractivity contribution in [1.29, 1.82) is 0 Å². The average Bonchev–Trinajstić information content (AvgIpc) is 3.38. The molecule has 1 aliphatic rings. The molecule has 10 heteroatoms. The van der Waals surface area contributed by atoms with E-state index in [1.54, 1.807) is 44.6 Å². The first kappa shape index (κ1) is 22.8. The summed E-state index contributed by atoms with van der Waals surface area (Å²) < 4.78 is 40.3. The highest BCUT2D eigenvalue weighted by molar-refractivity contribution is 9.51. The Hall–Kier alpha value is -0.935. The highest BCUT2D eigenvalue weighted by Crippen LogP contribution is 2.50. The second-order valence-electron chi connectivity index (χ2n) is 8.04. The monoisotopic (exact) mass is 617 g/mol. The summed E-state index contributed by atoms with van der Waals surface area (Å²) in [6, 6.07) is 7.18. The molecule has 32 heavy (non-hydrogen) atoms. The first-order valence-electron chi connectivity index (χ1n) is 9.86. The molecule has 0 unspecified atom stereocenters. The number of aromatic nitrogens is 1. The van der Waals surface area contributed by atoms with E-state index >= 15 is 0 Å². The largest absolute Gasteiger partial charge is 0.429 e. The normalized spacial score (nSPS) is 14.7. The van der Waals surface area contributed by atoms with Crippen LogP contribution in [0.2, 0.25) is 0 Å². The predicted molar refractivity (Wildman–Crippen MR) is 139 cm³/mol. The van der Waals surface area contributed by atoms with E-state index in [-0.39, 0.29) is 0 Å². The van der Waals surface area contributed by atoms with E-state index in [2.05, 4.69) is 71.3 Å². The Morgan fingerprint density at radius 1 is 0.844 bits per heavy atom. The fourth-order valence-electron chi connectivity index (χ4n) is 4.44. The fourth-order valence-corrected chi connectivity index (χ4v) is 9.77. The number of hydrogen-bond donors (Lipinski definition) is 0. The molecule has 0 saturated heterocycles. The third-order valence-corrected chi connectivity index (χ3v) is 10.8. The van der Waals surface area contributed by atoms with E-state index in [1.807, 2.05) is 0 Å². The van der Waals surface area contributed by atoms with Crippen LogP contribution in [-0.2, 0) is 6.18 Å². The van der Waals surface area contributed by atoms with E-state index < -0.39 is 15.7 Å². The Kier molecular flexibility index (Phi) is 5.38. The molecule has 0 amide bonds. The Morgan fingerprint density at radius 2 is 1.44 bits per heavy atom. The number of fused-ring (bicyclic) bond motifs is 3. The van der Waals surface area contributed by atoms with Gasteiger partial charge in [-0.15, -0.1) is 34.0 Å². The van der Waals surface area contributed by atoms with Crippen molar-refractivity contribution in [3.63, 3.8) is 0 Å². The van der Waals surface area contributed by atoms with Gasteiger partial charge in [0.05, 0.1) is 4.88 Å². The number of aryl methyl sites for hydroxylation is 4. The van der Waals surface area contributed by atoms with Crippen LogP contribution in [-0.4, -0.2) is 3.93 Å². The lowest BCUT2D eigenvalue weighted by Crippen LogP contribution is -2.60. The average molecular weight is 619 g/mol. The first-order chi connectivity index (χ1) is 14.9. The molecule has 0 spiro atoms. The first-order valence-corrected chi connectivity index (χ1v) is 14.1. The van der Waals surface area contributed by atoms with Crippen LogP contribution >= 0.6 is 65.5 Å². The second-order valence-corrected chi connectivity index (χ2v) is 15.9. The van der Waals surface area contributed by atoms with E-state index in [1.165, 1.54) is 42.2 Å². The van der Waals surface area contributed by atoms with Crippen molar-refractivity contribution >= 4 is 74.9 Å². The molecule has 1 aliphatic heterocycles. The summed E-state index contributed by atoms with van der Waals surface area (Å²) in [5, 5.41) is 0. The van der Waals surface area contributed by atoms with Crippen LogP contribution in [0, 0.1) is 27.7 Å². The number of pyridine rings is 1. The van der Waals surface area contributed by atoms with Crippen LogP contribution in [0.1, 0.15) is 25.1 Å². The van der Waals surface area contributed by atoms with Crippen LogP contribution in [0.3, 0.4) is 0 Å². The Bertz CT molecular complexity index is 1400. The minimum atomic E-state index is -4.40. The van der Waals surface area contributed by atoms with Crippen molar-refractivity contribution in [2.75, 3.05) is 0 Å². The summed E-state index contributed by atoms with van der Waals surface area (Å²) in [7, 11) is 0. The number of nitrogens with zero attached hydrogens (tertiary/aromatic N) is 1. The smallest absolute Gasteiger partial charge is 0.395 e. The lowest BCUT2D eigenvalue weighted by molar-refractivity contribution is -0.518. The molecule has 1 nitrogen and oxygen atoms in total. The molecular formula is C22H17BBr2F3NS3. The van der Waals surface area contributed by atoms with Gasteiger partial charge in [-0.3, -0.25) is 0 Å². The van der Waals surface area contributed by atoms with E-state index in [0.717, 1.165) is 27.2 Å². The summed E-state index contributed by atoms with van der Waals surface area (Å²) in [6.07, 6.45) is -3.19. The maximum Gasteiger partial charge on any atom is 0.429 e. The van der Waals surface area contributed by atoms with Crippen molar-refractivity contribution in [1.82, 2.24) is 0 Å². The second kappa shape index (κ2) is 7.53. The van der Waals surface area contributed by atoms with Crippen LogP contribution < -0.4 is 9.94 Å². The van der Waals surface area contributed by atoms with Gasteiger partial charge >= 0.3 is 10.1 Å². The predicted octanol–water partition coefficient (Wildman–Crippen LogP) is 8.21.